The minimum atomic E-state index is 0.0586. The third kappa shape index (κ3) is 2.40. The van der Waals surface area contributed by atoms with Gasteiger partial charge in [-0.1, -0.05) is 24.3 Å². The Labute approximate surface area is 150 Å². The third-order valence-corrected chi connectivity index (χ3v) is 5.03. The van der Waals surface area contributed by atoms with Crippen LogP contribution in [-0.4, -0.2) is 32.1 Å². The van der Waals surface area contributed by atoms with Gasteiger partial charge in [-0.15, -0.1) is 0 Å². The monoisotopic (exact) mass is 342 g/mol. The zero-order valence-electron chi connectivity index (χ0n) is 14.2. The van der Waals surface area contributed by atoms with Gasteiger partial charge in [0.15, 0.2) is 0 Å². The van der Waals surface area contributed by atoms with Crippen LogP contribution in [0.5, 0.6) is 0 Å². The van der Waals surface area contributed by atoms with Gasteiger partial charge in [-0.2, -0.15) is 5.10 Å². The van der Waals surface area contributed by atoms with Crippen molar-refractivity contribution in [3.8, 4) is 5.69 Å². The van der Waals surface area contributed by atoms with Gasteiger partial charge in [-0.3, -0.25) is 4.79 Å². The Bertz CT molecular complexity index is 1090. The van der Waals surface area contributed by atoms with Gasteiger partial charge in [-0.05, 0) is 42.3 Å². The van der Waals surface area contributed by atoms with Gasteiger partial charge in [0, 0.05) is 41.1 Å². The molecule has 0 radical (unpaired) electrons. The number of hydrogen-bond donors (Lipinski definition) is 1. The molecule has 5 rings (SSSR count). The lowest BCUT2D eigenvalue weighted by Gasteiger charge is -2.27. The standard InChI is InChI=1S/C21H18N4O/c26-21(15-5-3-6-16(13-15)25-11-4-10-22-25)24-12-9-18-17-7-1-2-8-19(17)23-20(18)14-24/h1-8,10-11,13,23H,9,12,14H2. The van der Waals surface area contributed by atoms with E-state index in [2.05, 4.69) is 28.3 Å². The molecule has 1 N–H and O–H groups in total. The average Bonchev–Trinajstić information content (AvgIpc) is 3.35. The number of carbonyl (C=O) groups excluding carboxylic acids is 1. The Morgan fingerprint density at radius 3 is 2.88 bits per heavy atom. The highest BCUT2D eigenvalue weighted by Gasteiger charge is 2.24. The van der Waals surface area contributed by atoms with Crippen LogP contribution in [0.15, 0.2) is 67.0 Å². The van der Waals surface area contributed by atoms with E-state index in [1.165, 1.54) is 10.9 Å². The highest BCUT2D eigenvalue weighted by atomic mass is 16.2. The molecule has 1 aliphatic heterocycles. The summed E-state index contributed by atoms with van der Waals surface area (Å²) in [5.41, 5.74) is 5.22. The Kier molecular flexibility index (Phi) is 3.38. The van der Waals surface area contributed by atoms with Crippen LogP contribution in [0.4, 0.5) is 0 Å². The molecule has 4 aromatic rings. The van der Waals surface area contributed by atoms with Crippen LogP contribution in [0.3, 0.4) is 0 Å². The first kappa shape index (κ1) is 15.0. The molecule has 0 aliphatic carbocycles. The van der Waals surface area contributed by atoms with Crippen LogP contribution in [0, 0.1) is 0 Å². The molecule has 5 nitrogen and oxygen atoms in total. The van der Waals surface area contributed by atoms with Gasteiger partial charge < -0.3 is 9.88 Å². The number of aromatic nitrogens is 3. The van der Waals surface area contributed by atoms with Gasteiger partial charge in [-0.25, -0.2) is 4.68 Å². The van der Waals surface area contributed by atoms with Crippen LogP contribution in [0.2, 0.25) is 0 Å². The van der Waals surface area contributed by atoms with E-state index in [0.717, 1.165) is 29.9 Å². The lowest BCUT2D eigenvalue weighted by Crippen LogP contribution is -2.35. The summed E-state index contributed by atoms with van der Waals surface area (Å²) < 4.78 is 1.77. The number of nitrogens with zero attached hydrogens (tertiary/aromatic N) is 3. The van der Waals surface area contributed by atoms with Crippen LogP contribution in [-0.2, 0) is 13.0 Å². The van der Waals surface area contributed by atoms with Crippen LogP contribution < -0.4 is 0 Å². The molecule has 0 saturated heterocycles. The Morgan fingerprint density at radius 1 is 1.08 bits per heavy atom. The molecule has 1 aliphatic rings. The summed E-state index contributed by atoms with van der Waals surface area (Å²) in [5.74, 6) is 0.0586. The minimum absolute atomic E-state index is 0.0586. The maximum atomic E-state index is 13.0. The van der Waals surface area contributed by atoms with Gasteiger partial charge in [0.2, 0.25) is 0 Å². The summed E-state index contributed by atoms with van der Waals surface area (Å²) in [6.07, 6.45) is 4.49. The summed E-state index contributed by atoms with van der Waals surface area (Å²) >= 11 is 0. The zero-order chi connectivity index (χ0) is 17.5. The largest absolute Gasteiger partial charge is 0.357 e. The average molecular weight is 342 g/mol. The number of amides is 1. The molecule has 0 bridgehead atoms. The predicted octanol–water partition coefficient (Wildman–Crippen LogP) is 3.55. The van der Waals surface area contributed by atoms with Crippen LogP contribution in [0.25, 0.3) is 16.6 Å². The maximum absolute atomic E-state index is 13.0. The fourth-order valence-corrected chi connectivity index (χ4v) is 3.75. The third-order valence-electron chi connectivity index (χ3n) is 5.03. The smallest absolute Gasteiger partial charge is 0.254 e. The molecule has 0 unspecified atom stereocenters. The normalized spacial score (nSPS) is 13.8. The molecule has 0 saturated carbocycles. The number of para-hydroxylation sites is 1. The highest BCUT2D eigenvalue weighted by molar-refractivity contribution is 5.95. The van der Waals surface area contributed by atoms with E-state index in [0.29, 0.717) is 12.1 Å². The molecule has 1 amide bonds. The molecule has 0 atom stereocenters. The Balaban J connectivity index is 1.44. The van der Waals surface area contributed by atoms with E-state index in [1.54, 1.807) is 10.9 Å². The quantitative estimate of drug-likeness (QED) is 0.606. The number of benzene rings is 2. The van der Waals surface area contributed by atoms with Crippen molar-refractivity contribution in [2.75, 3.05) is 6.54 Å². The number of rotatable bonds is 2. The van der Waals surface area contributed by atoms with E-state index in [9.17, 15) is 4.79 Å². The molecule has 0 fully saturated rings. The van der Waals surface area contributed by atoms with Crippen molar-refractivity contribution in [3.63, 3.8) is 0 Å². The predicted molar refractivity (Wildman–Crippen MR) is 100 cm³/mol. The van der Waals surface area contributed by atoms with Crippen molar-refractivity contribution >= 4 is 16.8 Å². The van der Waals surface area contributed by atoms with Crippen molar-refractivity contribution in [2.24, 2.45) is 0 Å². The first-order chi connectivity index (χ1) is 12.8. The summed E-state index contributed by atoms with van der Waals surface area (Å²) in [7, 11) is 0. The van der Waals surface area contributed by atoms with Crippen LogP contribution >= 0.6 is 0 Å². The second kappa shape index (κ2) is 5.88. The molecule has 0 spiro atoms. The first-order valence-corrected chi connectivity index (χ1v) is 8.77. The van der Waals surface area contributed by atoms with E-state index in [1.807, 2.05) is 47.5 Å². The number of nitrogens with one attached hydrogen (secondary N) is 1. The minimum Gasteiger partial charge on any atom is -0.357 e. The maximum Gasteiger partial charge on any atom is 0.254 e. The Morgan fingerprint density at radius 2 is 2.00 bits per heavy atom. The van der Waals surface area contributed by atoms with Gasteiger partial charge in [0.05, 0.1) is 12.2 Å². The first-order valence-electron chi connectivity index (χ1n) is 8.77. The topological polar surface area (TPSA) is 53.9 Å². The SMILES string of the molecule is O=C(c1cccc(-n2cccn2)c1)N1CCc2c([nH]c3ccccc23)C1. The molecular weight excluding hydrogens is 324 g/mol. The Hall–Kier alpha value is -3.34. The molecule has 2 aromatic carbocycles. The molecule has 5 heteroatoms. The lowest BCUT2D eigenvalue weighted by molar-refractivity contribution is 0.0733. The molecule has 3 heterocycles. The molecular formula is C21H18N4O. The fraction of sp³-hybridized carbons (Fsp3) is 0.143. The highest BCUT2D eigenvalue weighted by Crippen LogP contribution is 2.28. The van der Waals surface area contributed by atoms with Crippen molar-refractivity contribution < 1.29 is 4.79 Å². The van der Waals surface area contributed by atoms with Crippen molar-refractivity contribution in [2.45, 2.75) is 13.0 Å². The summed E-state index contributed by atoms with van der Waals surface area (Å²) in [6, 6.07) is 17.8. The lowest BCUT2D eigenvalue weighted by atomic mass is 10.0. The second-order valence-electron chi connectivity index (χ2n) is 6.61. The van der Waals surface area contributed by atoms with E-state index in [-0.39, 0.29) is 5.91 Å². The summed E-state index contributed by atoms with van der Waals surface area (Å²) in [4.78, 5) is 18.4. The number of fused-ring (bicyclic) bond motifs is 3. The van der Waals surface area contributed by atoms with E-state index in [4.69, 9.17) is 0 Å². The van der Waals surface area contributed by atoms with Crippen molar-refractivity contribution in [1.82, 2.24) is 19.7 Å². The summed E-state index contributed by atoms with van der Waals surface area (Å²) in [5, 5.41) is 5.51. The molecule has 2 aromatic heterocycles. The number of H-pyrrole nitrogens is 1. The fourth-order valence-electron chi connectivity index (χ4n) is 3.75. The molecule has 128 valence electrons. The van der Waals surface area contributed by atoms with Crippen molar-refractivity contribution in [1.29, 1.82) is 0 Å². The number of aromatic amines is 1. The van der Waals surface area contributed by atoms with Crippen molar-refractivity contribution in [3.05, 3.63) is 83.8 Å². The van der Waals surface area contributed by atoms with E-state index >= 15 is 0 Å². The molecule has 26 heavy (non-hydrogen) atoms. The van der Waals surface area contributed by atoms with Gasteiger partial charge in [0.1, 0.15) is 0 Å². The van der Waals surface area contributed by atoms with Gasteiger partial charge in [0.25, 0.3) is 5.91 Å². The zero-order valence-corrected chi connectivity index (χ0v) is 14.2. The van der Waals surface area contributed by atoms with Crippen LogP contribution in [0.1, 0.15) is 21.6 Å². The van der Waals surface area contributed by atoms with E-state index < -0.39 is 0 Å². The summed E-state index contributed by atoms with van der Waals surface area (Å²) in [6.45, 7) is 1.36. The van der Waals surface area contributed by atoms with Gasteiger partial charge >= 0.3 is 0 Å². The number of carbonyl (C=O) groups is 1. The number of hydrogen-bond acceptors (Lipinski definition) is 2. The second-order valence-corrected chi connectivity index (χ2v) is 6.61.